The molecule has 3 N–H and O–H groups in total. The second-order valence-corrected chi connectivity index (χ2v) is 7.21. The molecule has 2 amide bonds. The summed E-state index contributed by atoms with van der Waals surface area (Å²) in [5.74, 6) is -1.00. The molecule has 2 aromatic carbocycles. The molecule has 0 heterocycles. The summed E-state index contributed by atoms with van der Waals surface area (Å²) in [6, 6.07) is 18.1. The SMILES string of the molecule is CC(NC(=O)NC1CCC(C(=O)O)CC1)c1ccc(-c2ccccc2)cc1. The Hall–Kier alpha value is -2.82. The van der Waals surface area contributed by atoms with Gasteiger partial charge in [-0.3, -0.25) is 4.79 Å². The highest BCUT2D eigenvalue weighted by molar-refractivity contribution is 5.75. The van der Waals surface area contributed by atoms with E-state index in [4.69, 9.17) is 5.11 Å². The van der Waals surface area contributed by atoms with Crippen LogP contribution in [0.2, 0.25) is 0 Å². The Kier molecular flexibility index (Phi) is 6.12. The quantitative estimate of drug-likeness (QED) is 0.736. The molecule has 1 unspecified atom stereocenters. The van der Waals surface area contributed by atoms with Crippen molar-refractivity contribution in [2.24, 2.45) is 5.92 Å². The van der Waals surface area contributed by atoms with E-state index in [1.54, 1.807) is 0 Å². The first kappa shape index (κ1) is 19.0. The van der Waals surface area contributed by atoms with Crippen LogP contribution in [0, 0.1) is 5.92 Å². The predicted molar refractivity (Wildman–Crippen MR) is 105 cm³/mol. The van der Waals surface area contributed by atoms with Gasteiger partial charge in [-0.05, 0) is 49.3 Å². The Morgan fingerprint density at radius 1 is 0.926 bits per heavy atom. The van der Waals surface area contributed by atoms with Gasteiger partial charge in [0.25, 0.3) is 0 Å². The van der Waals surface area contributed by atoms with Crippen LogP contribution in [0.3, 0.4) is 0 Å². The summed E-state index contributed by atoms with van der Waals surface area (Å²) in [4.78, 5) is 23.3. The van der Waals surface area contributed by atoms with Crippen LogP contribution in [0.5, 0.6) is 0 Å². The van der Waals surface area contributed by atoms with E-state index in [1.165, 1.54) is 5.56 Å². The molecule has 0 aliphatic heterocycles. The van der Waals surface area contributed by atoms with Gasteiger partial charge in [-0.25, -0.2) is 4.79 Å². The van der Waals surface area contributed by atoms with Gasteiger partial charge in [0.05, 0.1) is 12.0 Å². The Labute approximate surface area is 159 Å². The van der Waals surface area contributed by atoms with Crippen molar-refractivity contribution < 1.29 is 14.7 Å². The van der Waals surface area contributed by atoms with Crippen molar-refractivity contribution >= 4 is 12.0 Å². The smallest absolute Gasteiger partial charge is 0.315 e. The summed E-state index contributed by atoms with van der Waals surface area (Å²) in [7, 11) is 0. The van der Waals surface area contributed by atoms with Crippen molar-refractivity contribution in [2.75, 3.05) is 0 Å². The molecule has 2 aromatic rings. The predicted octanol–water partition coefficient (Wildman–Crippen LogP) is 4.36. The molecule has 1 saturated carbocycles. The maximum absolute atomic E-state index is 12.3. The summed E-state index contributed by atoms with van der Waals surface area (Å²) < 4.78 is 0. The molecule has 5 heteroatoms. The third kappa shape index (κ3) is 5.09. The van der Waals surface area contributed by atoms with Crippen LogP contribution in [0.1, 0.15) is 44.2 Å². The third-order valence-corrected chi connectivity index (χ3v) is 5.28. The molecule has 1 atom stereocenters. The first-order valence-electron chi connectivity index (χ1n) is 9.48. The zero-order chi connectivity index (χ0) is 19.2. The van der Waals surface area contributed by atoms with E-state index in [2.05, 4.69) is 34.9 Å². The molecule has 1 aliphatic carbocycles. The Bertz CT molecular complexity index is 766. The topological polar surface area (TPSA) is 78.4 Å². The minimum absolute atomic E-state index is 0.0493. The monoisotopic (exact) mass is 366 g/mol. The fourth-order valence-corrected chi connectivity index (χ4v) is 3.59. The van der Waals surface area contributed by atoms with Crippen molar-refractivity contribution in [3.8, 4) is 11.1 Å². The van der Waals surface area contributed by atoms with E-state index in [1.807, 2.05) is 37.3 Å². The number of carboxylic acids is 1. The van der Waals surface area contributed by atoms with Crippen molar-refractivity contribution in [3.05, 3.63) is 60.2 Å². The molecule has 0 spiro atoms. The van der Waals surface area contributed by atoms with Gasteiger partial charge in [-0.2, -0.15) is 0 Å². The number of amides is 2. The van der Waals surface area contributed by atoms with Crippen molar-refractivity contribution in [1.29, 1.82) is 0 Å². The molecule has 1 fully saturated rings. The number of hydrogen-bond acceptors (Lipinski definition) is 2. The maximum atomic E-state index is 12.3. The minimum atomic E-state index is -0.731. The van der Waals surface area contributed by atoms with Gasteiger partial charge < -0.3 is 15.7 Å². The lowest BCUT2D eigenvalue weighted by molar-refractivity contribution is -0.142. The van der Waals surface area contributed by atoms with Crippen LogP contribution in [-0.4, -0.2) is 23.1 Å². The Morgan fingerprint density at radius 2 is 1.52 bits per heavy atom. The molecule has 0 saturated heterocycles. The number of hydrogen-bond donors (Lipinski definition) is 3. The first-order chi connectivity index (χ1) is 13.0. The van der Waals surface area contributed by atoms with Crippen LogP contribution in [-0.2, 0) is 4.79 Å². The van der Waals surface area contributed by atoms with Gasteiger partial charge in [-0.1, -0.05) is 54.6 Å². The van der Waals surface area contributed by atoms with E-state index >= 15 is 0 Å². The standard InChI is InChI=1S/C22H26N2O3/c1-15(16-7-9-18(10-8-16)17-5-3-2-4-6-17)23-22(27)24-20-13-11-19(12-14-20)21(25)26/h2-10,15,19-20H,11-14H2,1H3,(H,25,26)(H2,23,24,27). The van der Waals surface area contributed by atoms with Crippen molar-refractivity contribution in [1.82, 2.24) is 10.6 Å². The molecule has 0 bridgehead atoms. The molecule has 0 radical (unpaired) electrons. The molecule has 27 heavy (non-hydrogen) atoms. The van der Waals surface area contributed by atoms with Gasteiger partial charge in [0, 0.05) is 6.04 Å². The van der Waals surface area contributed by atoms with E-state index in [0.717, 1.165) is 11.1 Å². The van der Waals surface area contributed by atoms with Gasteiger partial charge in [0.2, 0.25) is 0 Å². The Morgan fingerprint density at radius 3 is 2.11 bits per heavy atom. The van der Waals surface area contributed by atoms with Crippen LogP contribution in [0.15, 0.2) is 54.6 Å². The number of aliphatic carboxylic acids is 1. The number of nitrogens with one attached hydrogen (secondary N) is 2. The number of carboxylic acid groups (broad SMARTS) is 1. The summed E-state index contributed by atoms with van der Waals surface area (Å²) in [5.41, 5.74) is 3.35. The number of carbonyl (C=O) groups excluding carboxylic acids is 1. The lowest BCUT2D eigenvalue weighted by Gasteiger charge is -2.27. The molecular formula is C22H26N2O3. The molecule has 3 rings (SSSR count). The van der Waals surface area contributed by atoms with E-state index < -0.39 is 5.97 Å². The second-order valence-electron chi connectivity index (χ2n) is 7.21. The minimum Gasteiger partial charge on any atom is -0.481 e. The lowest BCUT2D eigenvalue weighted by Crippen LogP contribution is -2.44. The maximum Gasteiger partial charge on any atom is 0.315 e. The first-order valence-corrected chi connectivity index (χ1v) is 9.48. The van der Waals surface area contributed by atoms with Crippen LogP contribution in [0.4, 0.5) is 4.79 Å². The average Bonchev–Trinajstić information content (AvgIpc) is 2.69. The van der Waals surface area contributed by atoms with Crippen LogP contribution >= 0.6 is 0 Å². The van der Waals surface area contributed by atoms with Crippen LogP contribution in [0.25, 0.3) is 11.1 Å². The zero-order valence-corrected chi connectivity index (χ0v) is 15.5. The highest BCUT2D eigenvalue weighted by atomic mass is 16.4. The number of rotatable bonds is 5. The van der Waals surface area contributed by atoms with Crippen molar-refractivity contribution in [3.63, 3.8) is 0 Å². The average molecular weight is 366 g/mol. The fraction of sp³-hybridized carbons (Fsp3) is 0.364. The van der Waals surface area contributed by atoms with Crippen molar-refractivity contribution in [2.45, 2.75) is 44.7 Å². The summed E-state index contributed by atoms with van der Waals surface area (Å²) in [5, 5.41) is 15.0. The summed E-state index contributed by atoms with van der Waals surface area (Å²) in [6.07, 6.45) is 2.67. The van der Waals surface area contributed by atoms with Gasteiger partial charge in [0.1, 0.15) is 0 Å². The molecular weight excluding hydrogens is 340 g/mol. The van der Waals surface area contributed by atoms with Crippen LogP contribution < -0.4 is 10.6 Å². The fourth-order valence-electron chi connectivity index (χ4n) is 3.59. The highest BCUT2D eigenvalue weighted by Crippen LogP contribution is 2.25. The lowest BCUT2D eigenvalue weighted by atomic mass is 9.86. The van der Waals surface area contributed by atoms with Gasteiger partial charge in [-0.15, -0.1) is 0 Å². The molecule has 142 valence electrons. The second kappa shape index (κ2) is 8.71. The molecule has 5 nitrogen and oxygen atoms in total. The number of carbonyl (C=O) groups is 2. The Balaban J connectivity index is 1.50. The highest BCUT2D eigenvalue weighted by Gasteiger charge is 2.26. The van der Waals surface area contributed by atoms with E-state index in [0.29, 0.717) is 25.7 Å². The number of benzene rings is 2. The number of urea groups is 1. The van der Waals surface area contributed by atoms with Gasteiger partial charge in [0.15, 0.2) is 0 Å². The summed E-state index contributed by atoms with van der Waals surface area (Å²) in [6.45, 7) is 1.96. The largest absolute Gasteiger partial charge is 0.481 e. The van der Waals surface area contributed by atoms with E-state index in [-0.39, 0.29) is 24.0 Å². The van der Waals surface area contributed by atoms with Gasteiger partial charge >= 0.3 is 12.0 Å². The summed E-state index contributed by atoms with van der Waals surface area (Å²) >= 11 is 0. The zero-order valence-electron chi connectivity index (χ0n) is 15.5. The molecule has 0 aromatic heterocycles. The van der Waals surface area contributed by atoms with E-state index in [9.17, 15) is 9.59 Å². The molecule has 1 aliphatic rings. The third-order valence-electron chi connectivity index (χ3n) is 5.28. The normalized spacial score (nSPS) is 20.5.